The summed E-state index contributed by atoms with van der Waals surface area (Å²) < 4.78 is 26.5. The molecular weight excluding hydrogens is 262 g/mol. The third-order valence-electron chi connectivity index (χ3n) is 4.53. The van der Waals surface area contributed by atoms with Gasteiger partial charge in [0.05, 0.1) is 5.75 Å². The van der Waals surface area contributed by atoms with Gasteiger partial charge in [0, 0.05) is 31.7 Å². The molecule has 0 aromatic rings. The summed E-state index contributed by atoms with van der Waals surface area (Å²) in [6, 6.07) is 1.05. The van der Waals surface area contributed by atoms with Crippen LogP contribution in [0.2, 0.25) is 0 Å². The van der Waals surface area contributed by atoms with Crippen LogP contribution in [0.25, 0.3) is 0 Å². The van der Waals surface area contributed by atoms with E-state index in [1.165, 1.54) is 19.3 Å². The van der Waals surface area contributed by atoms with E-state index in [1.807, 2.05) is 0 Å². The van der Waals surface area contributed by atoms with Crippen LogP contribution in [0.15, 0.2) is 0 Å². The second-order valence-corrected chi connectivity index (χ2v) is 8.18. The average molecular weight is 287 g/mol. The van der Waals surface area contributed by atoms with Gasteiger partial charge in [0.15, 0.2) is 0 Å². The molecule has 0 amide bonds. The summed E-state index contributed by atoms with van der Waals surface area (Å²) in [5.74, 6) is 0.260. The van der Waals surface area contributed by atoms with E-state index in [0.29, 0.717) is 31.7 Å². The summed E-state index contributed by atoms with van der Waals surface area (Å²) in [7, 11) is -3.07. The Kier molecular flexibility index (Phi) is 4.12. The minimum atomic E-state index is -3.07. The number of nitrogens with zero attached hydrogens (tertiary/aromatic N) is 2. The molecule has 1 saturated carbocycles. The summed E-state index contributed by atoms with van der Waals surface area (Å²) in [5, 5.41) is 3.30. The molecule has 3 fully saturated rings. The van der Waals surface area contributed by atoms with Gasteiger partial charge in [-0.3, -0.25) is 4.90 Å². The summed E-state index contributed by atoms with van der Waals surface area (Å²) in [5.41, 5.74) is 0. The van der Waals surface area contributed by atoms with Gasteiger partial charge in [0.25, 0.3) is 0 Å². The molecule has 3 rings (SSSR count). The molecule has 0 spiro atoms. The maximum Gasteiger partial charge on any atom is 0.215 e. The van der Waals surface area contributed by atoms with Crippen molar-refractivity contribution in [3.63, 3.8) is 0 Å². The molecule has 110 valence electrons. The van der Waals surface area contributed by atoms with Crippen LogP contribution in [0, 0.1) is 0 Å². The number of nitrogens with one attached hydrogen (secondary N) is 1. The van der Waals surface area contributed by atoms with E-state index in [4.69, 9.17) is 0 Å². The van der Waals surface area contributed by atoms with Gasteiger partial charge in [-0.15, -0.1) is 0 Å². The van der Waals surface area contributed by atoms with E-state index in [9.17, 15) is 8.42 Å². The van der Waals surface area contributed by atoms with Crippen LogP contribution >= 0.6 is 0 Å². The molecule has 2 aliphatic heterocycles. The highest BCUT2D eigenvalue weighted by Crippen LogP contribution is 2.23. The number of hydrogen-bond donors (Lipinski definition) is 1. The third kappa shape index (κ3) is 3.48. The van der Waals surface area contributed by atoms with Gasteiger partial charge in [0.1, 0.15) is 0 Å². The highest BCUT2D eigenvalue weighted by molar-refractivity contribution is 7.89. The zero-order valence-corrected chi connectivity index (χ0v) is 12.4. The van der Waals surface area contributed by atoms with Crippen molar-refractivity contribution < 1.29 is 8.42 Å². The van der Waals surface area contributed by atoms with Crippen molar-refractivity contribution in [2.75, 3.05) is 38.5 Å². The Hall–Kier alpha value is -0.170. The molecule has 1 unspecified atom stereocenters. The second kappa shape index (κ2) is 5.68. The highest BCUT2D eigenvalue weighted by Gasteiger charge is 2.33. The molecule has 0 aromatic carbocycles. The van der Waals surface area contributed by atoms with E-state index in [2.05, 4.69) is 10.2 Å². The van der Waals surface area contributed by atoms with Gasteiger partial charge < -0.3 is 5.32 Å². The van der Waals surface area contributed by atoms with Gasteiger partial charge in [-0.25, -0.2) is 12.7 Å². The van der Waals surface area contributed by atoms with Crippen LogP contribution < -0.4 is 5.32 Å². The molecule has 19 heavy (non-hydrogen) atoms. The van der Waals surface area contributed by atoms with Crippen LogP contribution in [0.1, 0.15) is 32.1 Å². The first-order chi connectivity index (χ1) is 9.15. The second-order valence-electron chi connectivity index (χ2n) is 6.09. The Morgan fingerprint density at radius 1 is 1.05 bits per heavy atom. The smallest absolute Gasteiger partial charge is 0.215 e. The van der Waals surface area contributed by atoms with Crippen molar-refractivity contribution in [1.29, 1.82) is 0 Å². The molecule has 0 aromatic heterocycles. The van der Waals surface area contributed by atoms with Gasteiger partial charge in [-0.1, -0.05) is 0 Å². The third-order valence-corrected chi connectivity index (χ3v) is 6.37. The lowest BCUT2D eigenvalue weighted by Crippen LogP contribution is -2.42. The van der Waals surface area contributed by atoms with E-state index in [1.54, 1.807) is 4.31 Å². The molecule has 0 radical (unpaired) electrons. The lowest BCUT2D eigenvalue weighted by atomic mass is 10.2. The number of hydrogen-bond acceptors (Lipinski definition) is 4. The van der Waals surface area contributed by atoms with E-state index in [-0.39, 0.29) is 5.75 Å². The predicted molar refractivity (Wildman–Crippen MR) is 75.6 cm³/mol. The monoisotopic (exact) mass is 287 g/mol. The molecule has 1 aliphatic carbocycles. The summed E-state index contributed by atoms with van der Waals surface area (Å²) in [6.07, 6.45) is 5.78. The Bertz CT molecular complexity index is 408. The quantitative estimate of drug-likeness (QED) is 0.787. The van der Waals surface area contributed by atoms with E-state index in [0.717, 1.165) is 25.9 Å². The number of rotatable bonds is 5. The molecule has 1 atom stereocenters. The summed E-state index contributed by atoms with van der Waals surface area (Å²) >= 11 is 0. The van der Waals surface area contributed by atoms with Crippen molar-refractivity contribution in [2.45, 2.75) is 44.2 Å². The van der Waals surface area contributed by atoms with Crippen molar-refractivity contribution in [1.82, 2.24) is 14.5 Å². The minimum absolute atomic E-state index is 0.260. The fourth-order valence-electron chi connectivity index (χ4n) is 3.23. The van der Waals surface area contributed by atoms with E-state index < -0.39 is 10.0 Å². The topological polar surface area (TPSA) is 52.7 Å². The van der Waals surface area contributed by atoms with Crippen LogP contribution in [-0.2, 0) is 10.0 Å². The fourth-order valence-corrected chi connectivity index (χ4v) is 4.67. The maximum atomic E-state index is 12.4. The zero-order chi connectivity index (χ0) is 13.3. The Balaban J connectivity index is 1.55. The van der Waals surface area contributed by atoms with E-state index >= 15 is 0 Å². The standard InChI is InChI=1S/C13H25N3O2S/c17-19(18,10-6-14-12-4-5-12)16-9-2-8-15-7-1-3-13(15)11-16/h12-14H,1-11H2. The first-order valence-corrected chi connectivity index (χ1v) is 9.21. The Labute approximate surface area is 116 Å². The highest BCUT2D eigenvalue weighted by atomic mass is 32.2. The molecule has 5 nitrogen and oxygen atoms in total. The van der Waals surface area contributed by atoms with Crippen LogP contribution in [0.4, 0.5) is 0 Å². The number of fused-ring (bicyclic) bond motifs is 1. The van der Waals surface area contributed by atoms with Crippen LogP contribution in [0.5, 0.6) is 0 Å². The van der Waals surface area contributed by atoms with Crippen LogP contribution in [-0.4, -0.2) is 68.2 Å². The van der Waals surface area contributed by atoms with Crippen molar-refractivity contribution in [3.8, 4) is 0 Å². The summed E-state index contributed by atoms with van der Waals surface area (Å²) in [6.45, 7) is 4.25. The minimum Gasteiger partial charge on any atom is -0.313 e. The fraction of sp³-hybridized carbons (Fsp3) is 1.00. The molecule has 1 N–H and O–H groups in total. The lowest BCUT2D eigenvalue weighted by molar-refractivity contribution is 0.257. The van der Waals surface area contributed by atoms with Crippen molar-refractivity contribution >= 4 is 10.0 Å². The first-order valence-electron chi connectivity index (χ1n) is 7.60. The molecule has 3 aliphatic rings. The molecule has 2 heterocycles. The first kappa shape index (κ1) is 13.8. The summed E-state index contributed by atoms with van der Waals surface area (Å²) in [4.78, 5) is 2.47. The zero-order valence-electron chi connectivity index (χ0n) is 11.6. The average Bonchev–Trinajstić information content (AvgIpc) is 3.12. The lowest BCUT2D eigenvalue weighted by Gasteiger charge is -2.25. The predicted octanol–water partition coefficient (Wildman–Crippen LogP) is 0.238. The Morgan fingerprint density at radius 2 is 1.84 bits per heavy atom. The largest absolute Gasteiger partial charge is 0.313 e. The molecular formula is C13H25N3O2S. The van der Waals surface area contributed by atoms with Gasteiger partial charge in [-0.2, -0.15) is 0 Å². The molecule has 0 bridgehead atoms. The van der Waals surface area contributed by atoms with Crippen LogP contribution in [0.3, 0.4) is 0 Å². The Morgan fingerprint density at radius 3 is 2.63 bits per heavy atom. The van der Waals surface area contributed by atoms with Crippen molar-refractivity contribution in [2.24, 2.45) is 0 Å². The van der Waals surface area contributed by atoms with Gasteiger partial charge >= 0.3 is 0 Å². The SMILES string of the molecule is O=S(=O)(CCNC1CC1)N1CCCN2CCCC2C1. The van der Waals surface area contributed by atoms with Gasteiger partial charge in [0.2, 0.25) is 10.0 Å². The molecule has 2 saturated heterocycles. The maximum absolute atomic E-state index is 12.4. The normalized spacial score (nSPS) is 30.2. The molecule has 6 heteroatoms. The van der Waals surface area contributed by atoms with Gasteiger partial charge in [-0.05, 0) is 45.2 Å². The van der Waals surface area contributed by atoms with Crippen molar-refractivity contribution in [3.05, 3.63) is 0 Å². The number of sulfonamides is 1.